The predicted molar refractivity (Wildman–Crippen MR) is 106 cm³/mol. The number of benzene rings is 2. The number of nitrogen functional groups attached to an aromatic ring is 1. The number of carbonyl (C=O) groups excluding carboxylic acids is 1. The molecular formula is C21H20N4O3. The fourth-order valence-corrected chi connectivity index (χ4v) is 3.59. The summed E-state index contributed by atoms with van der Waals surface area (Å²) in [4.78, 5) is 23.0. The summed E-state index contributed by atoms with van der Waals surface area (Å²) in [6.07, 6.45) is 3.24. The number of carbonyl (C=O) groups is 1. The van der Waals surface area contributed by atoms with E-state index < -0.39 is 0 Å². The van der Waals surface area contributed by atoms with Crippen LogP contribution >= 0.6 is 0 Å². The lowest BCUT2D eigenvalue weighted by molar-refractivity contribution is 0.0972. The summed E-state index contributed by atoms with van der Waals surface area (Å²) in [5.74, 6) is -0.416. The minimum Gasteiger partial charge on any atom is -0.508 e. The van der Waals surface area contributed by atoms with Crippen LogP contribution in [0, 0.1) is 0 Å². The van der Waals surface area contributed by atoms with Crippen molar-refractivity contribution in [2.75, 3.05) is 10.6 Å². The summed E-state index contributed by atoms with van der Waals surface area (Å²) in [7, 11) is 0. The molecule has 1 atom stereocenters. The Labute approximate surface area is 162 Å². The lowest BCUT2D eigenvalue weighted by Crippen LogP contribution is -2.42. The van der Waals surface area contributed by atoms with Crippen LogP contribution < -0.4 is 10.6 Å². The zero-order chi connectivity index (χ0) is 19.8. The molecule has 3 aromatic rings. The van der Waals surface area contributed by atoms with Crippen LogP contribution in [0.25, 0.3) is 11.3 Å². The van der Waals surface area contributed by atoms with Crippen molar-refractivity contribution in [2.45, 2.75) is 25.8 Å². The highest BCUT2D eigenvalue weighted by molar-refractivity contribution is 6.09. The largest absolute Gasteiger partial charge is 0.508 e. The number of rotatable bonds is 2. The molecule has 1 unspecified atom stereocenters. The molecule has 1 aliphatic heterocycles. The Balaban J connectivity index is 1.74. The molecule has 28 heavy (non-hydrogen) atoms. The number of phenolic OH excluding ortho intramolecular Hbond substituents is 2. The van der Waals surface area contributed by atoms with Gasteiger partial charge in [0.25, 0.3) is 5.91 Å². The van der Waals surface area contributed by atoms with Crippen LogP contribution in [0.1, 0.15) is 29.3 Å². The monoisotopic (exact) mass is 376 g/mol. The molecule has 0 radical (unpaired) electrons. The molecule has 0 saturated heterocycles. The molecule has 2 heterocycles. The fraction of sp³-hybridized carbons (Fsp3) is 0.190. The quantitative estimate of drug-likeness (QED) is 0.633. The van der Waals surface area contributed by atoms with Gasteiger partial charge in [-0.1, -0.05) is 6.07 Å². The third-order valence-electron chi connectivity index (χ3n) is 5.01. The average molecular weight is 376 g/mol. The molecule has 1 aliphatic rings. The maximum atomic E-state index is 13.2. The van der Waals surface area contributed by atoms with Crippen molar-refractivity contribution in [3.63, 3.8) is 0 Å². The number of fused-ring (bicyclic) bond motifs is 1. The number of amides is 1. The molecule has 1 amide bonds. The van der Waals surface area contributed by atoms with Gasteiger partial charge in [0.15, 0.2) is 0 Å². The second kappa shape index (κ2) is 6.84. The first kappa shape index (κ1) is 17.8. The van der Waals surface area contributed by atoms with E-state index in [1.165, 1.54) is 18.2 Å². The Morgan fingerprint density at radius 1 is 1.18 bits per heavy atom. The van der Waals surface area contributed by atoms with E-state index in [4.69, 9.17) is 5.73 Å². The van der Waals surface area contributed by atoms with Gasteiger partial charge in [0.2, 0.25) is 5.95 Å². The van der Waals surface area contributed by atoms with Crippen molar-refractivity contribution in [1.82, 2.24) is 9.97 Å². The lowest BCUT2D eigenvalue weighted by Gasteiger charge is -2.35. The molecular weight excluding hydrogens is 356 g/mol. The van der Waals surface area contributed by atoms with E-state index in [9.17, 15) is 15.0 Å². The van der Waals surface area contributed by atoms with Gasteiger partial charge in [-0.15, -0.1) is 0 Å². The standard InChI is InChI=1S/C21H20N4O3/c1-12-2-3-14-10-13(17-8-9-23-21(22)24-17)4-7-18(14)25(12)20(28)16-6-5-15(26)11-19(16)27/h4-12,26-27H,2-3H2,1H3,(H2,22,23,24). The summed E-state index contributed by atoms with van der Waals surface area (Å²) >= 11 is 0. The zero-order valence-electron chi connectivity index (χ0n) is 15.3. The SMILES string of the molecule is CC1CCc2cc(-c3ccnc(N)n3)ccc2N1C(=O)c1ccc(O)cc1O. The second-order valence-corrected chi connectivity index (χ2v) is 6.91. The number of hydrogen-bond donors (Lipinski definition) is 3. The van der Waals surface area contributed by atoms with Crippen LogP contribution in [0.5, 0.6) is 11.5 Å². The third kappa shape index (κ3) is 3.11. The highest BCUT2D eigenvalue weighted by Gasteiger charge is 2.30. The molecule has 0 bridgehead atoms. The van der Waals surface area contributed by atoms with Crippen molar-refractivity contribution in [2.24, 2.45) is 0 Å². The van der Waals surface area contributed by atoms with Crippen LogP contribution in [-0.4, -0.2) is 32.1 Å². The van der Waals surface area contributed by atoms with Gasteiger partial charge < -0.3 is 20.8 Å². The van der Waals surface area contributed by atoms with Gasteiger partial charge in [0.1, 0.15) is 11.5 Å². The van der Waals surface area contributed by atoms with Gasteiger partial charge in [0.05, 0.1) is 11.3 Å². The van der Waals surface area contributed by atoms with Crippen molar-refractivity contribution in [3.05, 3.63) is 59.8 Å². The van der Waals surface area contributed by atoms with E-state index in [2.05, 4.69) is 9.97 Å². The first-order valence-electron chi connectivity index (χ1n) is 9.01. The van der Waals surface area contributed by atoms with Crippen molar-refractivity contribution < 1.29 is 15.0 Å². The van der Waals surface area contributed by atoms with Crippen molar-refractivity contribution in [3.8, 4) is 22.8 Å². The fourth-order valence-electron chi connectivity index (χ4n) is 3.59. The summed E-state index contributed by atoms with van der Waals surface area (Å²) in [6.45, 7) is 1.98. The van der Waals surface area contributed by atoms with Gasteiger partial charge >= 0.3 is 0 Å². The molecule has 0 aliphatic carbocycles. The van der Waals surface area contributed by atoms with E-state index in [1.807, 2.05) is 25.1 Å². The molecule has 7 heteroatoms. The van der Waals surface area contributed by atoms with Gasteiger partial charge in [-0.3, -0.25) is 4.79 Å². The number of hydrogen-bond acceptors (Lipinski definition) is 6. The molecule has 142 valence electrons. The van der Waals surface area contributed by atoms with Crippen molar-refractivity contribution >= 4 is 17.5 Å². The predicted octanol–water partition coefficient (Wildman–Crippen LogP) is 3.12. The van der Waals surface area contributed by atoms with Crippen LogP contribution in [0.15, 0.2) is 48.7 Å². The van der Waals surface area contributed by atoms with Gasteiger partial charge in [-0.2, -0.15) is 0 Å². The summed E-state index contributed by atoms with van der Waals surface area (Å²) in [6, 6.07) is 11.6. The van der Waals surface area contributed by atoms with E-state index in [0.717, 1.165) is 35.3 Å². The topological polar surface area (TPSA) is 113 Å². The van der Waals surface area contributed by atoms with Crippen LogP contribution in [-0.2, 0) is 6.42 Å². The highest BCUT2D eigenvalue weighted by Crippen LogP contribution is 2.36. The van der Waals surface area contributed by atoms with Gasteiger partial charge in [-0.05, 0) is 55.7 Å². The maximum Gasteiger partial charge on any atom is 0.262 e. The Bertz CT molecular complexity index is 1070. The zero-order valence-corrected chi connectivity index (χ0v) is 15.3. The summed E-state index contributed by atoms with van der Waals surface area (Å²) in [5, 5.41) is 19.6. The minimum atomic E-state index is -0.301. The Hall–Kier alpha value is -3.61. The van der Waals surface area contributed by atoms with Crippen molar-refractivity contribution in [1.29, 1.82) is 0 Å². The summed E-state index contributed by atoms with van der Waals surface area (Å²) in [5.41, 5.74) is 9.31. The molecule has 4 rings (SSSR count). The smallest absolute Gasteiger partial charge is 0.262 e. The van der Waals surface area contributed by atoms with Gasteiger partial charge in [0, 0.05) is 29.6 Å². The summed E-state index contributed by atoms with van der Waals surface area (Å²) < 4.78 is 0. The van der Waals surface area contributed by atoms with Gasteiger partial charge in [-0.25, -0.2) is 9.97 Å². The Morgan fingerprint density at radius 3 is 2.75 bits per heavy atom. The first-order valence-corrected chi connectivity index (χ1v) is 9.01. The molecule has 2 aromatic carbocycles. The molecule has 4 N–H and O–H groups in total. The molecule has 0 saturated carbocycles. The minimum absolute atomic E-state index is 0.0197. The van der Waals surface area contributed by atoms with Crippen LogP contribution in [0.4, 0.5) is 11.6 Å². The normalized spacial score (nSPS) is 15.9. The van der Waals surface area contributed by atoms with E-state index in [0.29, 0.717) is 0 Å². The number of aryl methyl sites for hydroxylation is 1. The van der Waals surface area contributed by atoms with E-state index >= 15 is 0 Å². The molecule has 7 nitrogen and oxygen atoms in total. The number of nitrogens with two attached hydrogens (primary N) is 1. The Kier molecular flexibility index (Phi) is 4.35. The maximum absolute atomic E-state index is 13.2. The highest BCUT2D eigenvalue weighted by atomic mass is 16.3. The number of aromatic nitrogens is 2. The number of phenols is 2. The molecule has 0 spiro atoms. The number of anilines is 2. The van der Waals surface area contributed by atoms with Crippen LogP contribution in [0.2, 0.25) is 0 Å². The first-order chi connectivity index (χ1) is 13.4. The van der Waals surface area contributed by atoms with E-state index in [-0.39, 0.29) is 35.0 Å². The average Bonchev–Trinajstić information content (AvgIpc) is 2.67. The molecule has 0 fully saturated rings. The number of aromatic hydroxyl groups is 2. The third-order valence-corrected chi connectivity index (χ3v) is 5.01. The second-order valence-electron chi connectivity index (χ2n) is 6.91. The number of nitrogens with zero attached hydrogens (tertiary/aromatic N) is 3. The van der Waals surface area contributed by atoms with Crippen LogP contribution in [0.3, 0.4) is 0 Å². The Morgan fingerprint density at radius 2 is 2.00 bits per heavy atom. The molecule has 1 aromatic heterocycles. The van der Waals surface area contributed by atoms with E-state index in [1.54, 1.807) is 17.2 Å². The lowest BCUT2D eigenvalue weighted by atomic mass is 9.93.